The first-order valence-electron chi connectivity index (χ1n) is 8.37. The van der Waals surface area contributed by atoms with Crippen LogP contribution < -0.4 is 4.80 Å². The molecule has 0 spiro atoms. The summed E-state index contributed by atoms with van der Waals surface area (Å²) in [6, 6.07) is 13.2. The summed E-state index contributed by atoms with van der Waals surface area (Å²) in [5.74, 6) is -0.541. The zero-order chi connectivity index (χ0) is 18.7. The highest BCUT2D eigenvalue weighted by atomic mass is 32.1. The molecule has 0 unspecified atom stereocenters. The smallest absolute Gasteiger partial charge is 0.338 e. The van der Waals surface area contributed by atoms with Gasteiger partial charge < -0.3 is 9.30 Å². The molecular weight excluding hydrogens is 348 g/mol. The fourth-order valence-corrected chi connectivity index (χ4v) is 3.68. The van der Waals surface area contributed by atoms with Crippen LogP contribution in [0.25, 0.3) is 10.2 Å². The Labute approximate surface area is 155 Å². The number of aryl methyl sites for hydroxylation is 2. The minimum Gasteiger partial charge on any atom is -0.462 e. The molecular formula is C20H20N2O3S. The fourth-order valence-electron chi connectivity index (χ4n) is 2.61. The molecule has 0 N–H and O–H groups in total. The topological polar surface area (TPSA) is 60.7 Å². The molecule has 1 heterocycles. The van der Waals surface area contributed by atoms with Crippen LogP contribution in [0.5, 0.6) is 0 Å². The molecule has 2 aromatic carbocycles. The van der Waals surface area contributed by atoms with Crippen molar-refractivity contribution in [2.75, 3.05) is 6.61 Å². The van der Waals surface area contributed by atoms with Gasteiger partial charge in [-0.25, -0.2) is 4.79 Å². The number of carbonyl (C=O) groups excluding carboxylic acids is 2. The van der Waals surface area contributed by atoms with E-state index in [0.717, 1.165) is 21.3 Å². The molecule has 0 atom stereocenters. The van der Waals surface area contributed by atoms with Crippen molar-refractivity contribution in [3.63, 3.8) is 0 Å². The van der Waals surface area contributed by atoms with Gasteiger partial charge in [-0.2, -0.15) is 4.99 Å². The zero-order valence-corrected chi connectivity index (χ0v) is 15.8. The van der Waals surface area contributed by atoms with Crippen LogP contribution >= 0.6 is 11.3 Å². The van der Waals surface area contributed by atoms with E-state index in [9.17, 15) is 9.59 Å². The second-order valence-electron chi connectivity index (χ2n) is 6.01. The van der Waals surface area contributed by atoms with Gasteiger partial charge in [0.05, 0.1) is 28.8 Å². The molecule has 5 nitrogen and oxygen atoms in total. The minimum atomic E-state index is -0.348. The average molecular weight is 368 g/mol. The number of carbonyl (C=O) groups is 2. The molecule has 0 aliphatic carbocycles. The van der Waals surface area contributed by atoms with Crippen molar-refractivity contribution in [1.82, 2.24) is 4.57 Å². The normalized spacial score (nSPS) is 11.7. The second-order valence-corrected chi connectivity index (χ2v) is 7.02. The molecule has 3 aromatic rings. The quantitative estimate of drug-likeness (QED) is 0.663. The molecule has 134 valence electrons. The van der Waals surface area contributed by atoms with Crippen molar-refractivity contribution >= 4 is 33.4 Å². The first-order valence-corrected chi connectivity index (χ1v) is 9.19. The molecule has 0 aliphatic heterocycles. The van der Waals surface area contributed by atoms with Gasteiger partial charge in [-0.1, -0.05) is 41.2 Å². The van der Waals surface area contributed by atoms with Crippen LogP contribution in [0.2, 0.25) is 0 Å². The minimum absolute atomic E-state index is 0.193. The number of thiazole rings is 1. The summed E-state index contributed by atoms with van der Waals surface area (Å²) in [6.07, 6.45) is 0.266. The Hall–Kier alpha value is -2.73. The van der Waals surface area contributed by atoms with E-state index < -0.39 is 0 Å². The number of esters is 1. The standard InChI is InChI=1S/C20H20N2O3S/c1-4-25-19(24)15-9-10-16-17(12-15)26-20(22(16)3)21-18(23)11-14-7-5-13(2)6-8-14/h5-10,12H,4,11H2,1-3H3. The number of hydrogen-bond acceptors (Lipinski definition) is 4. The number of amides is 1. The summed E-state index contributed by atoms with van der Waals surface area (Å²) in [5.41, 5.74) is 3.52. The third-order valence-electron chi connectivity index (χ3n) is 4.02. The highest BCUT2D eigenvalue weighted by molar-refractivity contribution is 7.16. The van der Waals surface area contributed by atoms with Gasteiger partial charge in [0.2, 0.25) is 0 Å². The van der Waals surface area contributed by atoms with Crippen LogP contribution in [0.1, 0.15) is 28.4 Å². The van der Waals surface area contributed by atoms with Crippen LogP contribution in [-0.2, 0) is 23.0 Å². The Morgan fingerprint density at radius 1 is 1.15 bits per heavy atom. The van der Waals surface area contributed by atoms with Crippen molar-refractivity contribution in [3.8, 4) is 0 Å². The monoisotopic (exact) mass is 368 g/mol. The van der Waals surface area contributed by atoms with E-state index in [2.05, 4.69) is 4.99 Å². The predicted octanol–water partition coefficient (Wildman–Crippen LogP) is 3.39. The van der Waals surface area contributed by atoms with E-state index >= 15 is 0 Å². The highest BCUT2D eigenvalue weighted by Crippen LogP contribution is 2.19. The lowest BCUT2D eigenvalue weighted by Gasteiger charge is -2.01. The fraction of sp³-hybridized carbons (Fsp3) is 0.250. The molecule has 1 aromatic heterocycles. The number of benzene rings is 2. The lowest BCUT2D eigenvalue weighted by molar-refractivity contribution is -0.117. The number of hydrogen-bond donors (Lipinski definition) is 0. The Kier molecular flexibility index (Phi) is 5.32. The third kappa shape index (κ3) is 3.91. The summed E-state index contributed by atoms with van der Waals surface area (Å²) in [7, 11) is 1.86. The first-order chi connectivity index (χ1) is 12.5. The third-order valence-corrected chi connectivity index (χ3v) is 5.11. The Morgan fingerprint density at radius 2 is 1.88 bits per heavy atom. The average Bonchev–Trinajstić information content (AvgIpc) is 2.92. The number of aromatic nitrogens is 1. The maximum atomic E-state index is 12.3. The maximum Gasteiger partial charge on any atom is 0.338 e. The Morgan fingerprint density at radius 3 is 2.58 bits per heavy atom. The second kappa shape index (κ2) is 7.66. The Balaban J connectivity index is 1.90. The van der Waals surface area contributed by atoms with Gasteiger partial charge >= 0.3 is 5.97 Å². The van der Waals surface area contributed by atoms with Gasteiger partial charge in [-0.15, -0.1) is 0 Å². The number of rotatable bonds is 4. The van der Waals surface area contributed by atoms with Gasteiger partial charge in [0.1, 0.15) is 0 Å². The zero-order valence-electron chi connectivity index (χ0n) is 15.0. The summed E-state index contributed by atoms with van der Waals surface area (Å²) < 4.78 is 7.79. The number of nitrogens with zero attached hydrogens (tertiary/aromatic N) is 2. The lowest BCUT2D eigenvalue weighted by atomic mass is 10.1. The molecule has 6 heteroatoms. The van der Waals surface area contributed by atoms with Crippen molar-refractivity contribution in [2.45, 2.75) is 20.3 Å². The molecule has 1 amide bonds. The van der Waals surface area contributed by atoms with Crippen LogP contribution in [-0.4, -0.2) is 23.1 Å². The summed E-state index contributed by atoms with van der Waals surface area (Å²) in [4.78, 5) is 29.1. The lowest BCUT2D eigenvalue weighted by Crippen LogP contribution is -2.14. The van der Waals surface area contributed by atoms with Crippen molar-refractivity contribution in [3.05, 3.63) is 64.0 Å². The summed E-state index contributed by atoms with van der Waals surface area (Å²) in [6.45, 7) is 4.12. The van der Waals surface area contributed by atoms with E-state index in [1.807, 2.05) is 48.9 Å². The molecule has 0 bridgehead atoms. The van der Waals surface area contributed by atoms with E-state index in [0.29, 0.717) is 17.0 Å². The number of ether oxygens (including phenoxy) is 1. The van der Waals surface area contributed by atoms with Gasteiger partial charge in [0.15, 0.2) is 4.80 Å². The van der Waals surface area contributed by atoms with Gasteiger partial charge in [-0.3, -0.25) is 4.79 Å². The molecule has 0 aliphatic rings. The van der Waals surface area contributed by atoms with Crippen LogP contribution in [0.15, 0.2) is 47.5 Å². The SMILES string of the molecule is CCOC(=O)c1ccc2c(c1)sc(=NC(=O)Cc1ccc(C)cc1)n2C. The van der Waals surface area contributed by atoms with E-state index in [4.69, 9.17) is 4.74 Å². The van der Waals surface area contributed by atoms with Crippen molar-refractivity contribution in [1.29, 1.82) is 0 Å². The van der Waals surface area contributed by atoms with Crippen LogP contribution in [0, 0.1) is 6.92 Å². The molecule has 0 radical (unpaired) electrons. The molecule has 0 saturated carbocycles. The van der Waals surface area contributed by atoms with E-state index in [1.54, 1.807) is 19.1 Å². The van der Waals surface area contributed by atoms with Crippen LogP contribution in [0.3, 0.4) is 0 Å². The summed E-state index contributed by atoms with van der Waals surface area (Å²) >= 11 is 1.38. The highest BCUT2D eigenvalue weighted by Gasteiger charge is 2.11. The van der Waals surface area contributed by atoms with Gasteiger partial charge in [0.25, 0.3) is 5.91 Å². The van der Waals surface area contributed by atoms with Crippen LogP contribution in [0.4, 0.5) is 0 Å². The van der Waals surface area contributed by atoms with E-state index in [-0.39, 0.29) is 18.3 Å². The predicted molar refractivity (Wildman–Crippen MR) is 102 cm³/mol. The summed E-state index contributed by atoms with van der Waals surface area (Å²) in [5, 5.41) is 0. The first kappa shape index (κ1) is 18.1. The molecule has 0 fully saturated rings. The Bertz CT molecular complexity index is 1030. The van der Waals surface area contributed by atoms with Crippen molar-refractivity contribution < 1.29 is 14.3 Å². The maximum absolute atomic E-state index is 12.3. The van der Waals surface area contributed by atoms with Crippen molar-refractivity contribution in [2.24, 2.45) is 12.0 Å². The molecule has 26 heavy (non-hydrogen) atoms. The molecule has 0 saturated heterocycles. The van der Waals surface area contributed by atoms with Gasteiger partial charge in [-0.05, 0) is 37.6 Å². The largest absolute Gasteiger partial charge is 0.462 e. The van der Waals surface area contributed by atoms with Gasteiger partial charge in [0, 0.05) is 7.05 Å². The number of fused-ring (bicyclic) bond motifs is 1. The van der Waals surface area contributed by atoms with E-state index in [1.165, 1.54) is 11.3 Å². The molecule has 3 rings (SSSR count).